The van der Waals surface area contributed by atoms with Crippen LogP contribution in [0.1, 0.15) is 18.4 Å². The van der Waals surface area contributed by atoms with Gasteiger partial charge in [-0.25, -0.2) is 0 Å². The summed E-state index contributed by atoms with van der Waals surface area (Å²) in [6.07, 6.45) is 1.68. The number of nitrogens with zero attached hydrogens (tertiary/aromatic N) is 1. The second-order valence-electron chi connectivity index (χ2n) is 6.57. The minimum atomic E-state index is -0.368. The molecular weight excluding hydrogens is 338 g/mol. The lowest BCUT2D eigenvalue weighted by Crippen LogP contribution is -2.45. The molecule has 2 heterocycles. The van der Waals surface area contributed by atoms with Gasteiger partial charge in [-0.3, -0.25) is 14.5 Å². The molecule has 0 aliphatic carbocycles. The fourth-order valence-corrected chi connectivity index (χ4v) is 3.40. The van der Waals surface area contributed by atoms with E-state index in [1.54, 1.807) is 13.2 Å². The molecule has 3 rings (SSSR count). The van der Waals surface area contributed by atoms with Gasteiger partial charge in [-0.1, -0.05) is 0 Å². The van der Waals surface area contributed by atoms with Crippen LogP contribution in [0.15, 0.2) is 12.1 Å². The summed E-state index contributed by atoms with van der Waals surface area (Å²) in [5.41, 5.74) is 6.08. The Labute approximate surface area is 152 Å². The molecule has 0 spiro atoms. The monoisotopic (exact) mass is 363 g/mol. The predicted molar refractivity (Wildman–Crippen MR) is 94.2 cm³/mol. The van der Waals surface area contributed by atoms with Crippen LogP contribution in [-0.2, 0) is 16.1 Å². The van der Waals surface area contributed by atoms with Gasteiger partial charge in [-0.05, 0) is 25.5 Å². The Balaban J connectivity index is 1.61. The van der Waals surface area contributed by atoms with Gasteiger partial charge in [-0.15, -0.1) is 0 Å². The molecule has 26 heavy (non-hydrogen) atoms. The highest BCUT2D eigenvalue weighted by molar-refractivity contribution is 5.79. The minimum Gasteiger partial charge on any atom is -0.496 e. The Hall–Kier alpha value is -2.48. The van der Waals surface area contributed by atoms with Crippen molar-refractivity contribution >= 4 is 11.8 Å². The smallest absolute Gasteiger partial charge is 0.231 e. The van der Waals surface area contributed by atoms with Gasteiger partial charge in [-0.2, -0.15) is 0 Å². The number of hydrogen-bond acceptors (Lipinski definition) is 6. The van der Waals surface area contributed by atoms with E-state index in [9.17, 15) is 9.59 Å². The number of ether oxygens (including phenoxy) is 3. The molecule has 2 aliphatic rings. The Kier molecular flexibility index (Phi) is 5.82. The van der Waals surface area contributed by atoms with Crippen molar-refractivity contribution in [3.8, 4) is 17.2 Å². The number of carbonyl (C=O) groups excluding carboxylic acids is 2. The first-order valence-corrected chi connectivity index (χ1v) is 8.81. The van der Waals surface area contributed by atoms with Gasteiger partial charge in [0.15, 0.2) is 11.5 Å². The van der Waals surface area contributed by atoms with Gasteiger partial charge < -0.3 is 25.3 Å². The van der Waals surface area contributed by atoms with E-state index in [0.29, 0.717) is 43.6 Å². The van der Waals surface area contributed by atoms with E-state index in [1.807, 2.05) is 11.0 Å². The lowest BCUT2D eigenvalue weighted by atomic mass is 9.97. The number of methoxy groups -OCH3 is 1. The van der Waals surface area contributed by atoms with Crippen molar-refractivity contribution in [2.24, 2.45) is 11.7 Å². The van der Waals surface area contributed by atoms with Crippen molar-refractivity contribution in [2.75, 3.05) is 40.0 Å². The quantitative estimate of drug-likeness (QED) is 0.753. The number of fused-ring (bicyclic) bond motifs is 1. The van der Waals surface area contributed by atoms with Crippen LogP contribution in [0.2, 0.25) is 0 Å². The maximum absolute atomic E-state index is 12.5. The number of nitrogens with two attached hydrogens (primary N) is 1. The van der Waals surface area contributed by atoms with E-state index in [-0.39, 0.29) is 24.3 Å². The highest BCUT2D eigenvalue weighted by Gasteiger charge is 2.26. The van der Waals surface area contributed by atoms with Crippen molar-refractivity contribution in [3.05, 3.63) is 17.7 Å². The molecule has 0 aromatic heterocycles. The van der Waals surface area contributed by atoms with Crippen LogP contribution in [0, 0.1) is 5.92 Å². The third-order valence-corrected chi connectivity index (χ3v) is 4.65. The van der Waals surface area contributed by atoms with E-state index in [2.05, 4.69) is 5.32 Å². The number of piperidine rings is 1. The summed E-state index contributed by atoms with van der Waals surface area (Å²) in [7, 11) is 1.58. The first kappa shape index (κ1) is 18.3. The van der Waals surface area contributed by atoms with Crippen molar-refractivity contribution in [1.82, 2.24) is 10.2 Å². The van der Waals surface area contributed by atoms with E-state index < -0.39 is 0 Å². The molecule has 2 aliphatic heterocycles. The second kappa shape index (κ2) is 8.27. The molecule has 1 fully saturated rings. The maximum atomic E-state index is 12.5. The van der Waals surface area contributed by atoms with Gasteiger partial charge in [0.1, 0.15) is 19.0 Å². The summed E-state index contributed by atoms with van der Waals surface area (Å²) in [6, 6.07) is 3.62. The first-order valence-electron chi connectivity index (χ1n) is 8.81. The van der Waals surface area contributed by atoms with Gasteiger partial charge in [0.05, 0.1) is 19.6 Å². The molecule has 1 aromatic rings. The van der Waals surface area contributed by atoms with Crippen LogP contribution in [0.25, 0.3) is 0 Å². The first-order chi connectivity index (χ1) is 12.6. The molecule has 1 atom stereocenters. The summed E-state index contributed by atoms with van der Waals surface area (Å²) in [5.74, 6) is 1.41. The van der Waals surface area contributed by atoms with Crippen LogP contribution in [0.3, 0.4) is 0 Å². The third-order valence-electron chi connectivity index (χ3n) is 4.65. The average molecular weight is 363 g/mol. The largest absolute Gasteiger partial charge is 0.496 e. The Bertz CT molecular complexity index is 679. The molecule has 0 unspecified atom stereocenters. The van der Waals surface area contributed by atoms with Crippen LogP contribution >= 0.6 is 0 Å². The SMILES string of the molecule is COc1cc2c(cc1CNC(=O)[C@@H]1CCCN(CC(N)=O)C1)OCCO2. The summed E-state index contributed by atoms with van der Waals surface area (Å²) in [4.78, 5) is 25.6. The lowest BCUT2D eigenvalue weighted by molar-refractivity contribution is -0.128. The van der Waals surface area contributed by atoms with E-state index in [4.69, 9.17) is 19.9 Å². The number of benzene rings is 1. The van der Waals surface area contributed by atoms with E-state index in [0.717, 1.165) is 24.9 Å². The number of likely N-dealkylation sites (tertiary alicyclic amines) is 1. The maximum Gasteiger partial charge on any atom is 0.231 e. The number of rotatable bonds is 6. The molecule has 8 nitrogen and oxygen atoms in total. The lowest BCUT2D eigenvalue weighted by Gasteiger charge is -2.31. The zero-order valence-electron chi connectivity index (χ0n) is 15.0. The Morgan fingerprint density at radius 2 is 2.04 bits per heavy atom. The van der Waals surface area contributed by atoms with Crippen LogP contribution in [0.4, 0.5) is 0 Å². The van der Waals surface area contributed by atoms with Crippen molar-refractivity contribution < 1.29 is 23.8 Å². The second-order valence-corrected chi connectivity index (χ2v) is 6.57. The Morgan fingerprint density at radius 1 is 1.31 bits per heavy atom. The molecule has 142 valence electrons. The summed E-state index contributed by atoms with van der Waals surface area (Å²) >= 11 is 0. The molecular formula is C18H25N3O5. The van der Waals surface area contributed by atoms with Gasteiger partial charge in [0, 0.05) is 24.7 Å². The van der Waals surface area contributed by atoms with Gasteiger partial charge in [0.2, 0.25) is 11.8 Å². The van der Waals surface area contributed by atoms with Crippen molar-refractivity contribution in [1.29, 1.82) is 0 Å². The minimum absolute atomic E-state index is 0.0314. The topological polar surface area (TPSA) is 103 Å². The highest BCUT2D eigenvalue weighted by atomic mass is 16.6. The standard InChI is InChI=1S/C18H25N3O5/c1-24-14-8-16-15(25-5-6-26-16)7-13(14)9-20-18(23)12-3-2-4-21(10-12)11-17(19)22/h7-8,12H,2-6,9-11H2,1H3,(H2,19,22)(H,20,23)/t12-/m1/s1. The van der Waals surface area contributed by atoms with Gasteiger partial charge in [0.25, 0.3) is 0 Å². The van der Waals surface area contributed by atoms with E-state index in [1.165, 1.54) is 0 Å². The fraction of sp³-hybridized carbons (Fsp3) is 0.556. The van der Waals surface area contributed by atoms with Crippen LogP contribution < -0.4 is 25.3 Å². The number of amides is 2. The Morgan fingerprint density at radius 3 is 2.73 bits per heavy atom. The molecule has 0 saturated carbocycles. The number of carbonyl (C=O) groups is 2. The van der Waals surface area contributed by atoms with Crippen LogP contribution in [-0.4, -0.2) is 56.7 Å². The molecule has 2 amide bonds. The zero-order chi connectivity index (χ0) is 18.5. The van der Waals surface area contributed by atoms with Crippen molar-refractivity contribution in [3.63, 3.8) is 0 Å². The predicted octanol–water partition coefficient (Wildman–Crippen LogP) is 0.280. The highest BCUT2D eigenvalue weighted by Crippen LogP contribution is 2.36. The van der Waals surface area contributed by atoms with Crippen LogP contribution in [0.5, 0.6) is 17.2 Å². The van der Waals surface area contributed by atoms with Crippen molar-refractivity contribution in [2.45, 2.75) is 19.4 Å². The third kappa shape index (κ3) is 4.37. The average Bonchev–Trinajstić information content (AvgIpc) is 2.65. The zero-order valence-corrected chi connectivity index (χ0v) is 15.0. The molecule has 1 saturated heterocycles. The van der Waals surface area contributed by atoms with E-state index >= 15 is 0 Å². The van der Waals surface area contributed by atoms with Gasteiger partial charge >= 0.3 is 0 Å². The molecule has 8 heteroatoms. The fourth-order valence-electron chi connectivity index (χ4n) is 3.40. The molecule has 1 aromatic carbocycles. The number of nitrogens with one attached hydrogen (secondary N) is 1. The number of hydrogen-bond donors (Lipinski definition) is 2. The molecule has 3 N–H and O–H groups in total. The normalized spacial score (nSPS) is 19.7. The summed E-state index contributed by atoms with van der Waals surface area (Å²) < 4.78 is 16.5. The summed E-state index contributed by atoms with van der Waals surface area (Å²) in [6.45, 7) is 2.89. The molecule has 0 radical (unpaired) electrons. The number of primary amides is 1. The summed E-state index contributed by atoms with van der Waals surface area (Å²) in [5, 5.41) is 2.97. The molecule has 0 bridgehead atoms.